The van der Waals surface area contributed by atoms with Crippen molar-refractivity contribution in [2.75, 3.05) is 13.9 Å². The third-order valence-electron chi connectivity index (χ3n) is 3.42. The lowest BCUT2D eigenvalue weighted by atomic mass is 10.2. The molecular weight excluding hydrogens is 294 g/mol. The van der Waals surface area contributed by atoms with Crippen LogP contribution in [-0.4, -0.2) is 19.8 Å². The number of amides is 1. The molecule has 0 radical (unpaired) electrons. The van der Waals surface area contributed by atoms with Gasteiger partial charge in [-0.15, -0.1) is 0 Å². The van der Waals surface area contributed by atoms with E-state index in [4.69, 9.17) is 14.2 Å². The fourth-order valence-corrected chi connectivity index (χ4v) is 2.22. The maximum absolute atomic E-state index is 11.9. The summed E-state index contributed by atoms with van der Waals surface area (Å²) in [5.74, 6) is 2.03. The van der Waals surface area contributed by atoms with Gasteiger partial charge in [0.1, 0.15) is 5.75 Å². The fourth-order valence-electron chi connectivity index (χ4n) is 2.22. The summed E-state index contributed by atoms with van der Waals surface area (Å²) in [6.45, 7) is 0.686. The minimum Gasteiger partial charge on any atom is -0.497 e. The Hall–Kier alpha value is -2.95. The molecule has 1 amide bonds. The molecule has 0 fully saturated rings. The van der Waals surface area contributed by atoms with Gasteiger partial charge in [-0.05, 0) is 41.5 Å². The number of carbonyl (C=O) groups excluding carboxylic acids is 1. The normalized spacial score (nSPS) is 12.4. The van der Waals surface area contributed by atoms with Crippen LogP contribution in [0.2, 0.25) is 0 Å². The van der Waals surface area contributed by atoms with Crippen molar-refractivity contribution in [1.82, 2.24) is 5.32 Å². The molecule has 0 saturated carbocycles. The molecule has 5 nitrogen and oxygen atoms in total. The van der Waals surface area contributed by atoms with Gasteiger partial charge >= 0.3 is 0 Å². The van der Waals surface area contributed by atoms with Crippen LogP contribution in [0.3, 0.4) is 0 Å². The van der Waals surface area contributed by atoms with E-state index in [1.54, 1.807) is 13.2 Å². The summed E-state index contributed by atoms with van der Waals surface area (Å²) >= 11 is 0. The SMILES string of the molecule is COc1cccc(CNC(=O)/C=C/c2ccc3c(c2)OCO3)c1. The van der Waals surface area contributed by atoms with Gasteiger partial charge in [0.2, 0.25) is 12.7 Å². The zero-order chi connectivity index (χ0) is 16.1. The summed E-state index contributed by atoms with van der Waals surface area (Å²) in [7, 11) is 1.62. The third kappa shape index (κ3) is 3.83. The highest BCUT2D eigenvalue weighted by Crippen LogP contribution is 2.32. The van der Waals surface area contributed by atoms with E-state index < -0.39 is 0 Å². The van der Waals surface area contributed by atoms with Crippen molar-refractivity contribution in [1.29, 1.82) is 0 Å². The second-order valence-corrected chi connectivity index (χ2v) is 5.02. The number of rotatable bonds is 5. The molecule has 3 rings (SSSR count). The van der Waals surface area contributed by atoms with Gasteiger partial charge in [-0.1, -0.05) is 18.2 Å². The lowest BCUT2D eigenvalue weighted by Crippen LogP contribution is -2.20. The van der Waals surface area contributed by atoms with Crippen LogP contribution < -0.4 is 19.5 Å². The lowest BCUT2D eigenvalue weighted by molar-refractivity contribution is -0.116. The number of hydrogen-bond donors (Lipinski definition) is 1. The van der Waals surface area contributed by atoms with Gasteiger partial charge in [0, 0.05) is 12.6 Å². The Kier molecular flexibility index (Phi) is 4.47. The van der Waals surface area contributed by atoms with Gasteiger partial charge in [0.25, 0.3) is 0 Å². The first-order valence-electron chi connectivity index (χ1n) is 7.23. The molecule has 0 spiro atoms. The van der Waals surface area contributed by atoms with Crippen molar-refractivity contribution in [3.8, 4) is 17.2 Å². The summed E-state index contributed by atoms with van der Waals surface area (Å²) in [4.78, 5) is 11.9. The second kappa shape index (κ2) is 6.87. The molecule has 1 aliphatic rings. The molecule has 2 aromatic carbocycles. The van der Waals surface area contributed by atoms with Crippen molar-refractivity contribution in [2.24, 2.45) is 0 Å². The van der Waals surface area contributed by atoms with Crippen LogP contribution in [0.5, 0.6) is 17.2 Å². The van der Waals surface area contributed by atoms with Crippen molar-refractivity contribution in [3.63, 3.8) is 0 Å². The number of fused-ring (bicyclic) bond motifs is 1. The zero-order valence-corrected chi connectivity index (χ0v) is 12.7. The summed E-state index contributed by atoms with van der Waals surface area (Å²) < 4.78 is 15.7. The Balaban J connectivity index is 1.56. The first-order chi connectivity index (χ1) is 11.2. The van der Waals surface area contributed by atoms with E-state index in [2.05, 4.69) is 5.32 Å². The second-order valence-electron chi connectivity index (χ2n) is 5.02. The van der Waals surface area contributed by atoms with Crippen molar-refractivity contribution < 1.29 is 19.0 Å². The molecule has 118 valence electrons. The third-order valence-corrected chi connectivity index (χ3v) is 3.42. The Labute approximate surface area is 134 Å². The van der Waals surface area contributed by atoms with Crippen molar-refractivity contribution >= 4 is 12.0 Å². The maximum atomic E-state index is 11.9. The Bertz CT molecular complexity index is 740. The molecule has 1 N–H and O–H groups in total. The minimum absolute atomic E-state index is 0.162. The van der Waals surface area contributed by atoms with E-state index in [1.807, 2.05) is 42.5 Å². The molecule has 0 aromatic heterocycles. The Morgan fingerprint density at radius 1 is 1.22 bits per heavy atom. The maximum Gasteiger partial charge on any atom is 0.244 e. The molecule has 2 aromatic rings. The Morgan fingerprint density at radius 2 is 2.09 bits per heavy atom. The molecule has 5 heteroatoms. The predicted octanol–water partition coefficient (Wildman–Crippen LogP) is 2.75. The Morgan fingerprint density at radius 3 is 2.96 bits per heavy atom. The number of carbonyl (C=O) groups is 1. The minimum atomic E-state index is -0.162. The van der Waals surface area contributed by atoms with Crippen molar-refractivity contribution in [3.05, 3.63) is 59.7 Å². The highest BCUT2D eigenvalue weighted by molar-refractivity contribution is 5.91. The van der Waals surface area contributed by atoms with Gasteiger partial charge in [0.05, 0.1) is 7.11 Å². The lowest BCUT2D eigenvalue weighted by Gasteiger charge is -2.05. The summed E-state index contributed by atoms with van der Waals surface area (Å²) in [6, 6.07) is 13.1. The molecule has 1 aliphatic heterocycles. The number of benzene rings is 2. The van der Waals surface area contributed by atoms with Gasteiger partial charge in [-0.25, -0.2) is 0 Å². The van der Waals surface area contributed by atoms with Gasteiger partial charge in [-0.2, -0.15) is 0 Å². The van der Waals surface area contributed by atoms with E-state index in [-0.39, 0.29) is 12.7 Å². The number of methoxy groups -OCH3 is 1. The molecular formula is C18H17NO4. The molecule has 0 aliphatic carbocycles. The summed E-state index contributed by atoms with van der Waals surface area (Å²) in [5, 5.41) is 2.84. The van der Waals surface area contributed by atoms with Crippen LogP contribution >= 0.6 is 0 Å². The molecule has 1 heterocycles. The molecule has 0 saturated heterocycles. The van der Waals surface area contributed by atoms with E-state index in [0.29, 0.717) is 12.3 Å². The first-order valence-corrected chi connectivity index (χ1v) is 7.23. The molecule has 0 unspecified atom stereocenters. The highest BCUT2D eigenvalue weighted by Gasteiger charge is 2.12. The van der Waals surface area contributed by atoms with Crippen LogP contribution in [0.4, 0.5) is 0 Å². The average Bonchev–Trinajstić information content (AvgIpc) is 3.06. The van der Waals surface area contributed by atoms with Crippen LogP contribution in [0.25, 0.3) is 6.08 Å². The van der Waals surface area contributed by atoms with Crippen LogP contribution in [0.1, 0.15) is 11.1 Å². The quantitative estimate of drug-likeness (QED) is 0.863. The van der Waals surface area contributed by atoms with Crippen LogP contribution in [0.15, 0.2) is 48.5 Å². The average molecular weight is 311 g/mol. The number of hydrogen-bond acceptors (Lipinski definition) is 4. The van der Waals surface area contributed by atoms with Gasteiger partial charge in [0.15, 0.2) is 11.5 Å². The fraction of sp³-hybridized carbons (Fsp3) is 0.167. The van der Waals surface area contributed by atoms with Crippen LogP contribution in [-0.2, 0) is 11.3 Å². The summed E-state index contributed by atoms with van der Waals surface area (Å²) in [5.41, 5.74) is 1.86. The largest absolute Gasteiger partial charge is 0.497 e. The number of nitrogens with one attached hydrogen (secondary N) is 1. The van der Waals surface area contributed by atoms with E-state index in [1.165, 1.54) is 6.08 Å². The summed E-state index contributed by atoms with van der Waals surface area (Å²) in [6.07, 6.45) is 3.24. The predicted molar refractivity (Wildman–Crippen MR) is 86.4 cm³/mol. The van der Waals surface area contributed by atoms with Crippen molar-refractivity contribution in [2.45, 2.75) is 6.54 Å². The smallest absolute Gasteiger partial charge is 0.244 e. The first kappa shape index (κ1) is 15.0. The van der Waals surface area contributed by atoms with E-state index in [9.17, 15) is 4.79 Å². The molecule has 0 bridgehead atoms. The monoisotopic (exact) mass is 311 g/mol. The molecule has 23 heavy (non-hydrogen) atoms. The standard InChI is InChI=1S/C18H17NO4/c1-21-15-4-2-3-14(9-15)11-19-18(20)8-6-13-5-7-16-17(10-13)23-12-22-16/h2-10H,11-12H2,1H3,(H,19,20)/b8-6+. The van der Waals surface area contributed by atoms with Gasteiger partial charge in [-0.3, -0.25) is 4.79 Å². The van der Waals surface area contributed by atoms with Gasteiger partial charge < -0.3 is 19.5 Å². The highest BCUT2D eigenvalue weighted by atomic mass is 16.7. The number of ether oxygens (including phenoxy) is 3. The van der Waals surface area contributed by atoms with Crippen LogP contribution in [0, 0.1) is 0 Å². The molecule has 0 atom stereocenters. The van der Waals surface area contributed by atoms with E-state index in [0.717, 1.165) is 22.6 Å². The topological polar surface area (TPSA) is 56.8 Å². The zero-order valence-electron chi connectivity index (χ0n) is 12.7. The van der Waals surface area contributed by atoms with E-state index >= 15 is 0 Å².